The van der Waals surface area contributed by atoms with Gasteiger partial charge in [0.05, 0.1) is 0 Å². The summed E-state index contributed by atoms with van der Waals surface area (Å²) in [5.74, 6) is -0.445. The molecule has 2 N–H and O–H groups in total. The lowest BCUT2D eigenvalue weighted by molar-refractivity contribution is -0.136. The highest BCUT2D eigenvalue weighted by atomic mass is 16.5. The molecule has 3 rings (SSSR count). The van der Waals surface area contributed by atoms with Gasteiger partial charge < -0.3 is 15.2 Å². The van der Waals surface area contributed by atoms with Crippen molar-refractivity contribution in [3.8, 4) is 0 Å². The van der Waals surface area contributed by atoms with Crippen LogP contribution in [0.1, 0.15) is 41.7 Å². The maximum absolute atomic E-state index is 13.0. The number of nitrogens with zero attached hydrogens (tertiary/aromatic N) is 2. The zero-order valence-electron chi connectivity index (χ0n) is 13.5. The number of aromatic nitrogens is 1. The summed E-state index contributed by atoms with van der Waals surface area (Å²) in [7, 11) is 0. The van der Waals surface area contributed by atoms with Gasteiger partial charge in [0.1, 0.15) is 6.26 Å². The number of imide groups is 1. The first kappa shape index (κ1) is 16.1. The lowest BCUT2D eigenvalue weighted by Gasteiger charge is -2.36. The summed E-state index contributed by atoms with van der Waals surface area (Å²) in [5, 5.41) is 10.4. The van der Waals surface area contributed by atoms with Crippen LogP contribution in [0, 0.1) is 12.8 Å². The molecule has 1 aromatic heterocycles. The van der Waals surface area contributed by atoms with E-state index in [2.05, 4.69) is 15.8 Å². The Bertz CT molecular complexity index is 559. The highest BCUT2D eigenvalue weighted by Gasteiger charge is 2.37. The minimum atomic E-state index is -0.313. The third-order valence-electron chi connectivity index (χ3n) is 4.77. The number of carbonyl (C=O) groups excluding carboxylic acids is 2. The molecule has 7 heteroatoms. The van der Waals surface area contributed by atoms with E-state index >= 15 is 0 Å². The molecular formula is C16H24N4O3. The first-order valence-electron chi connectivity index (χ1n) is 8.38. The zero-order chi connectivity index (χ0) is 16.2. The maximum Gasteiger partial charge on any atom is 0.283 e. The van der Waals surface area contributed by atoms with E-state index in [-0.39, 0.29) is 29.5 Å². The quantitative estimate of drug-likeness (QED) is 0.797. The molecule has 3 heterocycles. The molecule has 2 aliphatic heterocycles. The predicted molar refractivity (Wildman–Crippen MR) is 83.9 cm³/mol. The van der Waals surface area contributed by atoms with E-state index < -0.39 is 0 Å². The van der Waals surface area contributed by atoms with Crippen molar-refractivity contribution >= 4 is 11.8 Å². The van der Waals surface area contributed by atoms with E-state index in [9.17, 15) is 9.59 Å². The van der Waals surface area contributed by atoms with Crippen LogP contribution >= 0.6 is 0 Å². The highest BCUT2D eigenvalue weighted by Crippen LogP contribution is 2.23. The second-order valence-corrected chi connectivity index (χ2v) is 6.37. The molecule has 0 bridgehead atoms. The van der Waals surface area contributed by atoms with Crippen molar-refractivity contribution in [1.82, 2.24) is 20.7 Å². The van der Waals surface area contributed by atoms with Crippen molar-refractivity contribution < 1.29 is 14.1 Å². The predicted octanol–water partition coefficient (Wildman–Crippen LogP) is 0.703. The molecular weight excluding hydrogens is 296 g/mol. The van der Waals surface area contributed by atoms with E-state index in [1.807, 2.05) is 0 Å². The summed E-state index contributed by atoms with van der Waals surface area (Å²) < 4.78 is 4.90. The van der Waals surface area contributed by atoms with Crippen LogP contribution in [-0.4, -0.2) is 54.1 Å². The van der Waals surface area contributed by atoms with E-state index in [1.165, 1.54) is 11.2 Å². The van der Waals surface area contributed by atoms with E-state index in [0.717, 1.165) is 51.9 Å². The Hall–Kier alpha value is -1.73. The van der Waals surface area contributed by atoms with Crippen molar-refractivity contribution in [2.75, 3.05) is 26.2 Å². The molecule has 0 atom stereocenters. The summed E-state index contributed by atoms with van der Waals surface area (Å²) in [6, 6.07) is -0.0535. The van der Waals surface area contributed by atoms with Crippen LogP contribution in [0.25, 0.3) is 0 Å². The van der Waals surface area contributed by atoms with Crippen LogP contribution in [-0.2, 0) is 4.79 Å². The van der Waals surface area contributed by atoms with E-state index in [1.54, 1.807) is 6.92 Å². The van der Waals surface area contributed by atoms with Crippen molar-refractivity contribution in [2.45, 2.75) is 38.6 Å². The van der Waals surface area contributed by atoms with Crippen molar-refractivity contribution in [3.63, 3.8) is 0 Å². The number of aryl methyl sites for hydroxylation is 1. The Kier molecular flexibility index (Phi) is 5.07. The molecule has 2 fully saturated rings. The van der Waals surface area contributed by atoms with Gasteiger partial charge in [-0.3, -0.25) is 14.5 Å². The molecule has 0 aliphatic carbocycles. The standard InChI is InChI=1S/C16H24N4O3/c1-11-10-23-19-14(11)16(22)20(13-4-8-18-9-5-13)15(21)12-2-6-17-7-3-12/h10,12-13,17-18H,2-9H2,1H3. The van der Waals surface area contributed by atoms with Gasteiger partial charge in [-0.25, -0.2) is 0 Å². The Balaban J connectivity index is 1.84. The lowest BCUT2D eigenvalue weighted by atomic mass is 9.94. The average Bonchev–Trinajstić information content (AvgIpc) is 3.03. The van der Waals surface area contributed by atoms with Crippen LogP contribution < -0.4 is 10.6 Å². The van der Waals surface area contributed by atoms with Gasteiger partial charge in [-0.1, -0.05) is 5.16 Å². The smallest absolute Gasteiger partial charge is 0.283 e. The first-order chi connectivity index (χ1) is 11.2. The van der Waals surface area contributed by atoms with Gasteiger partial charge in [0.15, 0.2) is 5.69 Å². The Morgan fingerprint density at radius 2 is 1.74 bits per heavy atom. The molecule has 2 saturated heterocycles. The molecule has 1 aromatic rings. The van der Waals surface area contributed by atoms with Crippen molar-refractivity contribution in [3.05, 3.63) is 17.5 Å². The molecule has 0 unspecified atom stereocenters. The molecule has 0 aromatic carbocycles. The van der Waals surface area contributed by atoms with Gasteiger partial charge in [0.25, 0.3) is 5.91 Å². The number of rotatable bonds is 3. The van der Waals surface area contributed by atoms with Gasteiger partial charge in [-0.15, -0.1) is 0 Å². The van der Waals surface area contributed by atoms with Gasteiger partial charge in [-0.2, -0.15) is 0 Å². The molecule has 23 heavy (non-hydrogen) atoms. The second-order valence-electron chi connectivity index (χ2n) is 6.37. The summed E-state index contributed by atoms with van der Waals surface area (Å²) >= 11 is 0. The van der Waals surface area contributed by atoms with Gasteiger partial charge >= 0.3 is 0 Å². The molecule has 2 amide bonds. The van der Waals surface area contributed by atoms with Gasteiger partial charge in [-0.05, 0) is 58.8 Å². The van der Waals surface area contributed by atoms with Gasteiger partial charge in [0.2, 0.25) is 5.91 Å². The normalized spacial score (nSPS) is 20.4. The third kappa shape index (κ3) is 3.45. The lowest BCUT2D eigenvalue weighted by Crippen LogP contribution is -2.52. The van der Waals surface area contributed by atoms with Crippen molar-refractivity contribution in [1.29, 1.82) is 0 Å². The largest absolute Gasteiger partial charge is 0.364 e. The number of hydrogen-bond donors (Lipinski definition) is 2. The molecule has 126 valence electrons. The fourth-order valence-corrected chi connectivity index (χ4v) is 3.38. The van der Waals surface area contributed by atoms with E-state index in [0.29, 0.717) is 5.56 Å². The number of hydrogen-bond acceptors (Lipinski definition) is 6. The Morgan fingerprint density at radius 3 is 2.30 bits per heavy atom. The zero-order valence-corrected chi connectivity index (χ0v) is 13.5. The van der Waals surface area contributed by atoms with E-state index in [4.69, 9.17) is 4.52 Å². The minimum absolute atomic E-state index is 0.0502. The number of amides is 2. The SMILES string of the molecule is Cc1conc1C(=O)N(C(=O)C1CCNCC1)C1CCNCC1. The van der Waals surface area contributed by atoms with Crippen LogP contribution in [0.2, 0.25) is 0 Å². The molecule has 7 nitrogen and oxygen atoms in total. The summed E-state index contributed by atoms with van der Waals surface area (Å²) in [6.45, 7) is 5.08. The summed E-state index contributed by atoms with van der Waals surface area (Å²) in [4.78, 5) is 27.5. The Labute approximate surface area is 135 Å². The second kappa shape index (κ2) is 7.23. The van der Waals surface area contributed by atoms with Crippen LogP contribution in [0.5, 0.6) is 0 Å². The monoisotopic (exact) mass is 320 g/mol. The molecule has 0 radical (unpaired) electrons. The Morgan fingerprint density at radius 1 is 1.13 bits per heavy atom. The third-order valence-corrected chi connectivity index (χ3v) is 4.77. The number of nitrogens with one attached hydrogen (secondary N) is 2. The highest BCUT2D eigenvalue weighted by molar-refractivity contribution is 6.05. The number of carbonyl (C=O) groups is 2. The van der Waals surface area contributed by atoms with Gasteiger partial charge in [0, 0.05) is 17.5 Å². The molecule has 0 saturated carbocycles. The fraction of sp³-hybridized carbons (Fsp3) is 0.688. The first-order valence-corrected chi connectivity index (χ1v) is 8.38. The van der Waals surface area contributed by atoms with Crippen LogP contribution in [0.15, 0.2) is 10.8 Å². The maximum atomic E-state index is 13.0. The molecule has 2 aliphatic rings. The van der Waals surface area contributed by atoms with Crippen molar-refractivity contribution in [2.24, 2.45) is 5.92 Å². The van der Waals surface area contributed by atoms with Crippen LogP contribution in [0.4, 0.5) is 0 Å². The number of piperidine rings is 2. The fourth-order valence-electron chi connectivity index (χ4n) is 3.38. The van der Waals surface area contributed by atoms with Crippen LogP contribution in [0.3, 0.4) is 0 Å². The summed E-state index contributed by atoms with van der Waals surface area (Å²) in [6.07, 6.45) is 4.60. The average molecular weight is 320 g/mol. The topological polar surface area (TPSA) is 87.5 Å². The molecule has 0 spiro atoms. The summed E-state index contributed by atoms with van der Waals surface area (Å²) in [5.41, 5.74) is 0.929. The minimum Gasteiger partial charge on any atom is -0.364 e.